The highest BCUT2D eigenvalue weighted by atomic mass is 16.5. The topological polar surface area (TPSA) is 110 Å². The summed E-state index contributed by atoms with van der Waals surface area (Å²) in [5.74, 6) is 1.44. The standard InChI is InChI=1S/C23H27N5O3/c1-16(2)15-31-19-8-6-17(7-9-19)22-26-23(30)20(27-28-22)10-11-21(29)25-14-12-18-5-3-4-13-24-18/h3-9,13,16H,10-12,14-15H2,1-2H3,(H,25,29)(H,26,28,30). The van der Waals surface area contributed by atoms with Gasteiger partial charge in [-0.1, -0.05) is 19.9 Å². The summed E-state index contributed by atoms with van der Waals surface area (Å²) in [7, 11) is 0. The first-order chi connectivity index (χ1) is 15.0. The van der Waals surface area contributed by atoms with Crippen LogP contribution < -0.4 is 15.6 Å². The van der Waals surface area contributed by atoms with Crippen LogP contribution in [0.1, 0.15) is 31.7 Å². The number of carbonyl (C=O) groups excluding carboxylic acids is 1. The Morgan fingerprint density at radius 2 is 1.90 bits per heavy atom. The lowest BCUT2D eigenvalue weighted by atomic mass is 10.2. The van der Waals surface area contributed by atoms with Gasteiger partial charge in [-0.15, -0.1) is 10.2 Å². The number of aryl methyl sites for hydroxylation is 1. The van der Waals surface area contributed by atoms with Crippen LogP contribution in [0.5, 0.6) is 5.75 Å². The second-order valence-electron chi connectivity index (χ2n) is 7.60. The minimum Gasteiger partial charge on any atom is -0.493 e. The van der Waals surface area contributed by atoms with Crippen LogP contribution >= 0.6 is 0 Å². The molecule has 1 amide bonds. The smallest absolute Gasteiger partial charge is 0.273 e. The van der Waals surface area contributed by atoms with Gasteiger partial charge in [0.25, 0.3) is 5.56 Å². The van der Waals surface area contributed by atoms with Crippen LogP contribution in [0, 0.1) is 5.92 Å². The summed E-state index contributed by atoms with van der Waals surface area (Å²) < 4.78 is 5.66. The predicted molar refractivity (Wildman–Crippen MR) is 118 cm³/mol. The zero-order valence-electron chi connectivity index (χ0n) is 17.8. The summed E-state index contributed by atoms with van der Waals surface area (Å²) >= 11 is 0. The van der Waals surface area contributed by atoms with E-state index in [1.807, 2.05) is 42.5 Å². The first kappa shape index (κ1) is 22.1. The van der Waals surface area contributed by atoms with Gasteiger partial charge < -0.3 is 15.0 Å². The minimum absolute atomic E-state index is 0.141. The fraction of sp³-hybridized carbons (Fsp3) is 0.348. The number of aromatic nitrogens is 4. The lowest BCUT2D eigenvalue weighted by Crippen LogP contribution is -2.27. The van der Waals surface area contributed by atoms with E-state index in [4.69, 9.17) is 4.74 Å². The van der Waals surface area contributed by atoms with E-state index < -0.39 is 0 Å². The van der Waals surface area contributed by atoms with Crippen LogP contribution in [-0.2, 0) is 17.6 Å². The van der Waals surface area contributed by atoms with Crippen molar-refractivity contribution in [3.05, 3.63) is 70.4 Å². The highest BCUT2D eigenvalue weighted by molar-refractivity contribution is 5.76. The fourth-order valence-corrected chi connectivity index (χ4v) is 2.82. The Bertz CT molecular complexity index is 1030. The van der Waals surface area contributed by atoms with Gasteiger partial charge in [0.05, 0.1) is 6.61 Å². The van der Waals surface area contributed by atoms with Crippen molar-refractivity contribution in [2.75, 3.05) is 13.2 Å². The Hall–Kier alpha value is -3.55. The van der Waals surface area contributed by atoms with Crippen LogP contribution in [0.4, 0.5) is 0 Å². The lowest BCUT2D eigenvalue weighted by Gasteiger charge is -2.09. The van der Waals surface area contributed by atoms with E-state index >= 15 is 0 Å². The van der Waals surface area contributed by atoms with Crippen molar-refractivity contribution in [3.63, 3.8) is 0 Å². The summed E-state index contributed by atoms with van der Waals surface area (Å²) in [6, 6.07) is 13.0. The van der Waals surface area contributed by atoms with Crippen molar-refractivity contribution in [2.45, 2.75) is 33.1 Å². The first-order valence-corrected chi connectivity index (χ1v) is 10.4. The summed E-state index contributed by atoms with van der Waals surface area (Å²) in [5.41, 5.74) is 1.55. The molecule has 0 radical (unpaired) electrons. The van der Waals surface area contributed by atoms with Crippen molar-refractivity contribution >= 4 is 5.91 Å². The molecular weight excluding hydrogens is 394 g/mol. The largest absolute Gasteiger partial charge is 0.493 e. The van der Waals surface area contributed by atoms with Gasteiger partial charge in [-0.25, -0.2) is 0 Å². The number of pyridine rings is 1. The third kappa shape index (κ3) is 7.02. The Morgan fingerprint density at radius 1 is 1.10 bits per heavy atom. The van der Waals surface area contributed by atoms with E-state index in [0.29, 0.717) is 31.3 Å². The number of hydrogen-bond donors (Lipinski definition) is 2. The van der Waals surface area contributed by atoms with Gasteiger partial charge in [-0.05, 0) is 42.3 Å². The third-order valence-electron chi connectivity index (χ3n) is 4.49. The zero-order chi connectivity index (χ0) is 22.1. The van der Waals surface area contributed by atoms with Crippen LogP contribution in [0.15, 0.2) is 53.5 Å². The summed E-state index contributed by atoms with van der Waals surface area (Å²) in [6.07, 6.45) is 2.77. The quantitative estimate of drug-likeness (QED) is 0.521. The molecule has 0 aliphatic heterocycles. The monoisotopic (exact) mass is 421 g/mol. The number of amides is 1. The molecule has 2 heterocycles. The molecule has 0 fully saturated rings. The molecule has 0 atom stereocenters. The maximum absolute atomic E-state index is 12.3. The molecule has 2 N–H and O–H groups in total. The SMILES string of the molecule is CC(C)COc1ccc(-c2nnc(CCC(=O)NCCc3ccccn3)c(=O)[nH]2)cc1. The molecule has 2 aromatic heterocycles. The van der Waals surface area contributed by atoms with Gasteiger partial charge in [-0.3, -0.25) is 14.6 Å². The molecule has 1 aromatic carbocycles. The zero-order valence-corrected chi connectivity index (χ0v) is 17.8. The molecule has 8 nitrogen and oxygen atoms in total. The Morgan fingerprint density at radius 3 is 2.58 bits per heavy atom. The molecule has 0 bridgehead atoms. The van der Waals surface area contributed by atoms with Crippen molar-refractivity contribution in [1.29, 1.82) is 0 Å². The molecule has 3 aromatic rings. The molecule has 31 heavy (non-hydrogen) atoms. The number of aromatic amines is 1. The first-order valence-electron chi connectivity index (χ1n) is 10.4. The molecule has 8 heteroatoms. The number of ether oxygens (including phenoxy) is 1. The number of rotatable bonds is 10. The summed E-state index contributed by atoms with van der Waals surface area (Å²) in [4.78, 5) is 31.3. The van der Waals surface area contributed by atoms with Crippen LogP contribution in [-0.4, -0.2) is 39.2 Å². The Balaban J connectivity index is 1.50. The van der Waals surface area contributed by atoms with Crippen LogP contribution in [0.3, 0.4) is 0 Å². The number of benzene rings is 1. The number of carbonyl (C=O) groups is 1. The number of nitrogens with zero attached hydrogens (tertiary/aromatic N) is 3. The van der Waals surface area contributed by atoms with Gasteiger partial charge in [0.2, 0.25) is 5.91 Å². The number of nitrogens with one attached hydrogen (secondary N) is 2. The van der Waals surface area contributed by atoms with Crippen molar-refractivity contribution < 1.29 is 9.53 Å². The maximum atomic E-state index is 12.3. The van der Waals surface area contributed by atoms with E-state index in [0.717, 1.165) is 17.0 Å². The maximum Gasteiger partial charge on any atom is 0.273 e. The fourth-order valence-electron chi connectivity index (χ4n) is 2.82. The van der Waals surface area contributed by atoms with Crippen LogP contribution in [0.25, 0.3) is 11.4 Å². The lowest BCUT2D eigenvalue weighted by molar-refractivity contribution is -0.121. The van der Waals surface area contributed by atoms with Gasteiger partial charge in [-0.2, -0.15) is 0 Å². The highest BCUT2D eigenvalue weighted by Gasteiger charge is 2.10. The van der Waals surface area contributed by atoms with Gasteiger partial charge in [0.15, 0.2) is 5.82 Å². The van der Waals surface area contributed by atoms with Crippen molar-refractivity contribution in [2.24, 2.45) is 5.92 Å². The minimum atomic E-state index is -0.341. The molecule has 3 rings (SSSR count). The molecule has 0 aliphatic carbocycles. The predicted octanol–water partition coefficient (Wildman–Crippen LogP) is 2.55. The normalized spacial score (nSPS) is 10.8. The van der Waals surface area contributed by atoms with E-state index in [-0.39, 0.29) is 30.0 Å². The second-order valence-corrected chi connectivity index (χ2v) is 7.60. The van der Waals surface area contributed by atoms with Crippen molar-refractivity contribution in [1.82, 2.24) is 25.5 Å². The number of H-pyrrole nitrogens is 1. The molecule has 162 valence electrons. The average Bonchev–Trinajstić information content (AvgIpc) is 2.78. The molecule has 0 spiro atoms. The van der Waals surface area contributed by atoms with E-state index in [1.165, 1.54) is 0 Å². The summed E-state index contributed by atoms with van der Waals surface area (Å²) in [6.45, 7) is 5.30. The van der Waals surface area contributed by atoms with E-state index in [9.17, 15) is 9.59 Å². The van der Waals surface area contributed by atoms with Crippen molar-refractivity contribution in [3.8, 4) is 17.1 Å². The number of hydrogen-bond acceptors (Lipinski definition) is 6. The second kappa shape index (κ2) is 11.0. The van der Waals surface area contributed by atoms with E-state index in [2.05, 4.69) is 39.3 Å². The summed E-state index contributed by atoms with van der Waals surface area (Å²) in [5, 5.41) is 11.0. The Kier molecular flexibility index (Phi) is 7.86. The van der Waals surface area contributed by atoms with Gasteiger partial charge >= 0.3 is 0 Å². The molecule has 0 unspecified atom stereocenters. The van der Waals surface area contributed by atoms with Gasteiger partial charge in [0.1, 0.15) is 11.4 Å². The van der Waals surface area contributed by atoms with Crippen LogP contribution in [0.2, 0.25) is 0 Å². The molecule has 0 aliphatic rings. The Labute approximate surface area is 181 Å². The van der Waals surface area contributed by atoms with Gasteiger partial charge in [0, 0.05) is 43.3 Å². The molecule has 0 saturated heterocycles. The van der Waals surface area contributed by atoms with E-state index in [1.54, 1.807) is 6.20 Å². The molecule has 0 saturated carbocycles. The molecular formula is C23H27N5O3. The average molecular weight is 422 g/mol. The highest BCUT2D eigenvalue weighted by Crippen LogP contribution is 2.18. The third-order valence-corrected chi connectivity index (χ3v) is 4.49.